The summed E-state index contributed by atoms with van der Waals surface area (Å²) in [5.41, 5.74) is 2.39. The molecule has 1 aliphatic heterocycles. The molecule has 3 rings (SSSR count). The van der Waals surface area contributed by atoms with Gasteiger partial charge in [0, 0.05) is 29.8 Å². The maximum Gasteiger partial charge on any atom is 0.225 e. The molecule has 1 saturated heterocycles. The summed E-state index contributed by atoms with van der Waals surface area (Å²) in [6.45, 7) is 3.88. The van der Waals surface area contributed by atoms with Gasteiger partial charge in [0.25, 0.3) is 0 Å². The van der Waals surface area contributed by atoms with Gasteiger partial charge in [-0.25, -0.2) is 0 Å². The standard InChI is InChI=1S/C21H25ClN2O/c1-16(14-17-9-11-19(22)12-10-17)23-21(25)18-6-5-13-24(15-18)20-7-3-2-4-8-20/h2-4,7-12,16,18H,5-6,13-15H2,1H3,(H,23,25)/t16?,18-/m0/s1. The van der Waals surface area contributed by atoms with Crippen molar-refractivity contribution in [1.82, 2.24) is 5.32 Å². The highest BCUT2D eigenvalue weighted by Crippen LogP contribution is 2.23. The van der Waals surface area contributed by atoms with E-state index in [-0.39, 0.29) is 17.9 Å². The molecule has 0 aromatic heterocycles. The zero-order chi connectivity index (χ0) is 17.6. The van der Waals surface area contributed by atoms with E-state index in [1.165, 1.54) is 11.3 Å². The van der Waals surface area contributed by atoms with Crippen molar-refractivity contribution in [2.45, 2.75) is 32.2 Å². The van der Waals surface area contributed by atoms with Crippen molar-refractivity contribution in [2.75, 3.05) is 18.0 Å². The molecule has 1 heterocycles. The maximum absolute atomic E-state index is 12.7. The number of nitrogens with zero attached hydrogens (tertiary/aromatic N) is 1. The molecule has 25 heavy (non-hydrogen) atoms. The van der Waals surface area contributed by atoms with Gasteiger partial charge in [-0.1, -0.05) is 41.9 Å². The fraction of sp³-hybridized carbons (Fsp3) is 0.381. The molecule has 4 heteroatoms. The Morgan fingerprint density at radius 2 is 1.92 bits per heavy atom. The first-order valence-electron chi connectivity index (χ1n) is 8.96. The van der Waals surface area contributed by atoms with Gasteiger partial charge in [-0.15, -0.1) is 0 Å². The Balaban J connectivity index is 1.54. The topological polar surface area (TPSA) is 32.3 Å². The predicted molar refractivity (Wildman–Crippen MR) is 104 cm³/mol. The van der Waals surface area contributed by atoms with Crippen LogP contribution in [0, 0.1) is 5.92 Å². The molecule has 0 spiro atoms. The molecule has 2 aromatic carbocycles. The number of carbonyl (C=O) groups excluding carboxylic acids is 1. The van der Waals surface area contributed by atoms with Crippen molar-refractivity contribution in [2.24, 2.45) is 5.92 Å². The van der Waals surface area contributed by atoms with Crippen molar-refractivity contribution in [1.29, 1.82) is 0 Å². The smallest absolute Gasteiger partial charge is 0.225 e. The van der Waals surface area contributed by atoms with Crippen molar-refractivity contribution in [3.8, 4) is 0 Å². The number of amides is 1. The number of halogens is 1. The van der Waals surface area contributed by atoms with E-state index < -0.39 is 0 Å². The van der Waals surface area contributed by atoms with E-state index in [2.05, 4.69) is 29.3 Å². The lowest BCUT2D eigenvalue weighted by atomic mass is 9.96. The van der Waals surface area contributed by atoms with Crippen LogP contribution in [0.4, 0.5) is 5.69 Å². The second-order valence-electron chi connectivity index (χ2n) is 6.86. The van der Waals surface area contributed by atoms with Crippen molar-refractivity contribution >= 4 is 23.2 Å². The fourth-order valence-corrected chi connectivity index (χ4v) is 3.58. The largest absolute Gasteiger partial charge is 0.371 e. The lowest BCUT2D eigenvalue weighted by Crippen LogP contribution is -2.45. The van der Waals surface area contributed by atoms with Crippen LogP contribution in [0.2, 0.25) is 5.02 Å². The summed E-state index contributed by atoms with van der Waals surface area (Å²) >= 11 is 5.92. The number of piperidine rings is 1. The van der Waals surface area contributed by atoms with Crippen LogP contribution >= 0.6 is 11.6 Å². The van der Waals surface area contributed by atoms with Crippen LogP contribution in [-0.4, -0.2) is 25.0 Å². The Kier molecular flexibility index (Phi) is 5.98. The Morgan fingerprint density at radius 3 is 2.64 bits per heavy atom. The first-order valence-corrected chi connectivity index (χ1v) is 9.34. The van der Waals surface area contributed by atoms with E-state index in [4.69, 9.17) is 11.6 Å². The van der Waals surface area contributed by atoms with Gasteiger partial charge in [0.15, 0.2) is 0 Å². The number of rotatable bonds is 5. The van der Waals surface area contributed by atoms with Gasteiger partial charge in [0.1, 0.15) is 0 Å². The number of carbonyl (C=O) groups is 1. The molecule has 3 nitrogen and oxygen atoms in total. The number of hydrogen-bond acceptors (Lipinski definition) is 2. The second kappa shape index (κ2) is 8.39. The fourth-order valence-electron chi connectivity index (χ4n) is 3.45. The molecule has 1 amide bonds. The highest BCUT2D eigenvalue weighted by Gasteiger charge is 2.26. The summed E-state index contributed by atoms with van der Waals surface area (Å²) in [4.78, 5) is 15.0. The summed E-state index contributed by atoms with van der Waals surface area (Å²) in [5.74, 6) is 0.226. The normalized spacial score (nSPS) is 18.6. The highest BCUT2D eigenvalue weighted by atomic mass is 35.5. The Hall–Kier alpha value is -2.00. The number of anilines is 1. The molecule has 0 aliphatic carbocycles. The number of nitrogens with one attached hydrogen (secondary N) is 1. The minimum Gasteiger partial charge on any atom is -0.371 e. The molecule has 132 valence electrons. The summed E-state index contributed by atoms with van der Waals surface area (Å²) in [7, 11) is 0. The number of benzene rings is 2. The van der Waals surface area contributed by atoms with E-state index in [0.29, 0.717) is 0 Å². The average molecular weight is 357 g/mol. The van der Waals surface area contributed by atoms with Crippen molar-refractivity contribution in [3.63, 3.8) is 0 Å². The van der Waals surface area contributed by atoms with E-state index in [0.717, 1.165) is 37.4 Å². The van der Waals surface area contributed by atoms with Gasteiger partial charge in [-0.05, 0) is 56.0 Å². The monoisotopic (exact) mass is 356 g/mol. The maximum atomic E-state index is 12.7. The van der Waals surface area contributed by atoms with Gasteiger partial charge < -0.3 is 10.2 Å². The quantitative estimate of drug-likeness (QED) is 0.866. The molecule has 0 saturated carbocycles. The van der Waals surface area contributed by atoms with Crippen molar-refractivity contribution < 1.29 is 4.79 Å². The van der Waals surface area contributed by atoms with Gasteiger partial charge in [0.2, 0.25) is 5.91 Å². The van der Waals surface area contributed by atoms with E-state index in [1.807, 2.05) is 42.5 Å². The van der Waals surface area contributed by atoms with Gasteiger partial charge in [-0.3, -0.25) is 4.79 Å². The molecule has 0 radical (unpaired) electrons. The third kappa shape index (κ3) is 4.99. The zero-order valence-corrected chi connectivity index (χ0v) is 15.4. The van der Waals surface area contributed by atoms with Crippen LogP contribution in [0.5, 0.6) is 0 Å². The summed E-state index contributed by atoms with van der Waals surface area (Å²) < 4.78 is 0. The summed E-state index contributed by atoms with van der Waals surface area (Å²) in [6, 6.07) is 18.3. The number of para-hydroxylation sites is 1. The van der Waals surface area contributed by atoms with E-state index >= 15 is 0 Å². The third-order valence-corrected chi connectivity index (χ3v) is 5.01. The van der Waals surface area contributed by atoms with Gasteiger partial charge >= 0.3 is 0 Å². The third-order valence-electron chi connectivity index (χ3n) is 4.76. The first kappa shape index (κ1) is 17.8. The second-order valence-corrected chi connectivity index (χ2v) is 7.30. The molecule has 1 unspecified atom stereocenters. The Morgan fingerprint density at radius 1 is 1.20 bits per heavy atom. The SMILES string of the molecule is CC(Cc1ccc(Cl)cc1)NC(=O)[C@H]1CCCN(c2ccccc2)C1. The van der Waals surface area contributed by atoms with Crippen LogP contribution in [0.3, 0.4) is 0 Å². The Bertz CT molecular complexity index is 687. The molecule has 0 bridgehead atoms. The van der Waals surface area contributed by atoms with Crippen LogP contribution in [0.1, 0.15) is 25.3 Å². The van der Waals surface area contributed by atoms with Gasteiger partial charge in [-0.2, -0.15) is 0 Å². The van der Waals surface area contributed by atoms with E-state index in [1.54, 1.807) is 0 Å². The van der Waals surface area contributed by atoms with Crippen molar-refractivity contribution in [3.05, 3.63) is 65.2 Å². The van der Waals surface area contributed by atoms with Gasteiger partial charge in [0.05, 0.1) is 5.92 Å². The summed E-state index contributed by atoms with van der Waals surface area (Å²) in [5, 5.41) is 3.93. The van der Waals surface area contributed by atoms with Crippen LogP contribution in [0.15, 0.2) is 54.6 Å². The molecule has 1 aliphatic rings. The molecular formula is C21H25ClN2O. The first-order chi connectivity index (χ1) is 12.1. The zero-order valence-electron chi connectivity index (χ0n) is 14.6. The molecular weight excluding hydrogens is 332 g/mol. The van der Waals surface area contributed by atoms with Crippen LogP contribution < -0.4 is 10.2 Å². The minimum atomic E-state index is 0.0571. The molecule has 2 aromatic rings. The molecule has 1 fully saturated rings. The predicted octanol–water partition coefficient (Wildman–Crippen LogP) is 4.30. The lowest BCUT2D eigenvalue weighted by molar-refractivity contribution is -0.125. The van der Waals surface area contributed by atoms with E-state index in [9.17, 15) is 4.79 Å². The van der Waals surface area contributed by atoms with Crippen LogP contribution in [-0.2, 0) is 11.2 Å². The number of hydrogen-bond donors (Lipinski definition) is 1. The molecule has 1 N–H and O–H groups in total. The Labute approximate surface area is 155 Å². The highest BCUT2D eigenvalue weighted by molar-refractivity contribution is 6.30. The lowest BCUT2D eigenvalue weighted by Gasteiger charge is -2.34. The summed E-state index contributed by atoms with van der Waals surface area (Å²) in [6.07, 6.45) is 2.83. The van der Waals surface area contributed by atoms with Crippen LogP contribution in [0.25, 0.3) is 0 Å². The average Bonchev–Trinajstić information content (AvgIpc) is 2.64. The minimum absolute atomic E-state index is 0.0571. The molecule has 2 atom stereocenters.